The molecule has 0 N–H and O–H groups in total. The van der Waals surface area contributed by atoms with E-state index < -0.39 is 26.6 Å². The van der Waals surface area contributed by atoms with Gasteiger partial charge in [-0.15, -0.1) is 0 Å². The molecule has 1 aromatic carbocycles. The van der Waals surface area contributed by atoms with Crippen molar-refractivity contribution in [2.45, 2.75) is 17.7 Å². The summed E-state index contributed by atoms with van der Waals surface area (Å²) in [4.78, 5) is 20.4. The topological polar surface area (TPSA) is 73.8 Å². The fraction of sp³-hybridized carbons (Fsp3) is 0.400. The zero-order chi connectivity index (χ0) is 21.3. The van der Waals surface area contributed by atoms with E-state index in [0.717, 1.165) is 42.4 Å². The average molecular weight is 436 g/mol. The molecule has 0 radical (unpaired) electrons. The lowest BCUT2D eigenvalue weighted by atomic mass is 10.2. The average Bonchev–Trinajstić information content (AvgIpc) is 3.30. The van der Waals surface area contributed by atoms with Gasteiger partial charge in [0.1, 0.15) is 22.3 Å². The van der Waals surface area contributed by atoms with Crippen LogP contribution in [0, 0.1) is 11.6 Å². The molecule has 2 fully saturated rings. The Labute approximate surface area is 174 Å². The molecule has 4 rings (SSSR count). The summed E-state index contributed by atoms with van der Waals surface area (Å²) in [5.41, 5.74) is 0.492. The van der Waals surface area contributed by atoms with Crippen LogP contribution in [-0.2, 0) is 10.0 Å². The molecule has 1 aromatic heterocycles. The van der Waals surface area contributed by atoms with Crippen LogP contribution in [0.4, 0.5) is 14.6 Å². The maximum absolute atomic E-state index is 14.0. The molecule has 0 aliphatic carbocycles. The molecule has 0 saturated carbocycles. The first-order valence-electron chi connectivity index (χ1n) is 9.82. The molecule has 1 amide bonds. The Hall–Kier alpha value is -2.59. The van der Waals surface area contributed by atoms with Gasteiger partial charge in [0.05, 0.1) is 5.56 Å². The quantitative estimate of drug-likeness (QED) is 0.734. The summed E-state index contributed by atoms with van der Waals surface area (Å²) >= 11 is 0. The van der Waals surface area contributed by atoms with E-state index >= 15 is 0 Å². The zero-order valence-corrected chi connectivity index (χ0v) is 17.1. The Kier molecular flexibility index (Phi) is 5.70. The van der Waals surface area contributed by atoms with Crippen molar-refractivity contribution in [2.75, 3.05) is 44.2 Å². The number of carbonyl (C=O) groups is 1. The van der Waals surface area contributed by atoms with Gasteiger partial charge < -0.3 is 9.80 Å². The molecule has 2 saturated heterocycles. The van der Waals surface area contributed by atoms with E-state index in [4.69, 9.17) is 0 Å². The van der Waals surface area contributed by atoms with Crippen LogP contribution < -0.4 is 4.90 Å². The van der Waals surface area contributed by atoms with Gasteiger partial charge >= 0.3 is 0 Å². The van der Waals surface area contributed by atoms with E-state index in [9.17, 15) is 22.0 Å². The van der Waals surface area contributed by atoms with Crippen molar-refractivity contribution in [3.63, 3.8) is 0 Å². The number of hydrogen-bond donors (Lipinski definition) is 0. The molecule has 10 heteroatoms. The fourth-order valence-electron chi connectivity index (χ4n) is 3.86. The molecule has 2 aliphatic rings. The molecule has 0 bridgehead atoms. The Morgan fingerprint density at radius 3 is 2.37 bits per heavy atom. The number of sulfonamides is 1. The largest absolute Gasteiger partial charge is 0.356 e. The van der Waals surface area contributed by atoms with Gasteiger partial charge in [-0.3, -0.25) is 4.79 Å². The fourth-order valence-corrected chi connectivity index (χ4v) is 5.36. The lowest BCUT2D eigenvalue weighted by Crippen LogP contribution is -2.50. The minimum absolute atomic E-state index is 0.00331. The summed E-state index contributed by atoms with van der Waals surface area (Å²) in [6.45, 7) is 2.02. The smallest absolute Gasteiger partial charge is 0.257 e. The highest BCUT2D eigenvalue weighted by atomic mass is 32.2. The molecule has 0 atom stereocenters. The first-order valence-corrected chi connectivity index (χ1v) is 11.3. The van der Waals surface area contributed by atoms with E-state index in [0.29, 0.717) is 17.4 Å². The summed E-state index contributed by atoms with van der Waals surface area (Å²) < 4.78 is 54.0. The summed E-state index contributed by atoms with van der Waals surface area (Å²) in [7, 11) is -4.19. The Morgan fingerprint density at radius 1 is 0.967 bits per heavy atom. The number of aromatic nitrogens is 1. The lowest BCUT2D eigenvalue weighted by Gasteiger charge is -2.34. The molecule has 2 aliphatic heterocycles. The molecule has 0 unspecified atom stereocenters. The number of pyridine rings is 1. The van der Waals surface area contributed by atoms with Crippen LogP contribution in [0.3, 0.4) is 0 Å². The molecular formula is C20H22F2N4O3S. The first kappa shape index (κ1) is 20.7. The second kappa shape index (κ2) is 8.27. The van der Waals surface area contributed by atoms with Gasteiger partial charge in [0.25, 0.3) is 5.91 Å². The number of halogens is 2. The predicted molar refractivity (Wildman–Crippen MR) is 107 cm³/mol. The van der Waals surface area contributed by atoms with E-state index in [1.807, 2.05) is 0 Å². The summed E-state index contributed by atoms with van der Waals surface area (Å²) in [6.07, 6.45) is 3.76. The summed E-state index contributed by atoms with van der Waals surface area (Å²) in [5.74, 6) is -1.38. The van der Waals surface area contributed by atoms with Crippen molar-refractivity contribution < 1.29 is 22.0 Å². The first-order chi connectivity index (χ1) is 14.4. The lowest BCUT2D eigenvalue weighted by molar-refractivity contribution is 0.0698. The van der Waals surface area contributed by atoms with Crippen LogP contribution in [-0.4, -0.2) is 67.8 Å². The highest BCUT2D eigenvalue weighted by Crippen LogP contribution is 2.25. The SMILES string of the molecule is O=C(c1cccnc1N1CCCC1)N1CCN(S(=O)(=O)c2cc(F)ccc2F)CC1. The van der Waals surface area contributed by atoms with Gasteiger partial charge in [0, 0.05) is 45.5 Å². The molecular weight excluding hydrogens is 414 g/mol. The van der Waals surface area contributed by atoms with Crippen LogP contribution in [0.2, 0.25) is 0 Å². The number of anilines is 1. The number of nitrogens with zero attached hydrogens (tertiary/aromatic N) is 4. The number of amides is 1. The zero-order valence-electron chi connectivity index (χ0n) is 16.3. The second-order valence-corrected chi connectivity index (χ2v) is 9.25. The highest BCUT2D eigenvalue weighted by molar-refractivity contribution is 7.89. The second-order valence-electron chi connectivity index (χ2n) is 7.34. The Balaban J connectivity index is 1.49. The van der Waals surface area contributed by atoms with Crippen LogP contribution in [0.15, 0.2) is 41.4 Å². The van der Waals surface area contributed by atoms with E-state index in [1.54, 1.807) is 23.2 Å². The third-order valence-corrected chi connectivity index (χ3v) is 7.37. The van der Waals surface area contributed by atoms with E-state index in [2.05, 4.69) is 9.88 Å². The monoisotopic (exact) mass is 436 g/mol. The van der Waals surface area contributed by atoms with Crippen molar-refractivity contribution in [3.05, 3.63) is 53.7 Å². The molecule has 30 heavy (non-hydrogen) atoms. The minimum Gasteiger partial charge on any atom is -0.356 e. The summed E-state index contributed by atoms with van der Waals surface area (Å²) in [6, 6.07) is 5.79. The van der Waals surface area contributed by atoms with Crippen LogP contribution in [0.5, 0.6) is 0 Å². The summed E-state index contributed by atoms with van der Waals surface area (Å²) in [5, 5.41) is 0. The third kappa shape index (κ3) is 3.89. The maximum atomic E-state index is 14.0. The number of piperazine rings is 1. The van der Waals surface area contributed by atoms with Crippen LogP contribution in [0.1, 0.15) is 23.2 Å². The van der Waals surface area contributed by atoms with Gasteiger partial charge in [-0.1, -0.05) is 0 Å². The van der Waals surface area contributed by atoms with Crippen LogP contribution in [0.25, 0.3) is 0 Å². The number of hydrogen-bond acceptors (Lipinski definition) is 5. The Morgan fingerprint density at radius 2 is 1.67 bits per heavy atom. The number of rotatable bonds is 4. The van der Waals surface area contributed by atoms with Crippen molar-refractivity contribution in [3.8, 4) is 0 Å². The van der Waals surface area contributed by atoms with E-state index in [-0.39, 0.29) is 32.1 Å². The number of carbonyl (C=O) groups excluding carboxylic acids is 1. The van der Waals surface area contributed by atoms with Gasteiger partial charge in [-0.25, -0.2) is 22.2 Å². The molecule has 160 valence electrons. The van der Waals surface area contributed by atoms with Crippen molar-refractivity contribution in [1.29, 1.82) is 0 Å². The van der Waals surface area contributed by atoms with Crippen molar-refractivity contribution >= 4 is 21.7 Å². The van der Waals surface area contributed by atoms with E-state index in [1.165, 1.54) is 0 Å². The van der Waals surface area contributed by atoms with Crippen molar-refractivity contribution in [2.24, 2.45) is 0 Å². The van der Waals surface area contributed by atoms with Crippen LogP contribution >= 0.6 is 0 Å². The molecule has 3 heterocycles. The Bertz CT molecular complexity index is 1050. The van der Waals surface area contributed by atoms with Gasteiger partial charge in [0.2, 0.25) is 10.0 Å². The third-order valence-electron chi connectivity index (χ3n) is 5.46. The van der Waals surface area contributed by atoms with Gasteiger partial charge in [-0.2, -0.15) is 4.31 Å². The maximum Gasteiger partial charge on any atom is 0.257 e. The molecule has 2 aromatic rings. The molecule has 0 spiro atoms. The highest BCUT2D eigenvalue weighted by Gasteiger charge is 2.33. The standard InChI is InChI=1S/C20H22F2N4O3S/c21-15-5-6-17(22)18(14-15)30(28,29)26-12-10-25(11-13-26)20(27)16-4-3-7-23-19(16)24-8-1-2-9-24/h3-7,14H,1-2,8-13H2. The van der Waals surface area contributed by atoms with Gasteiger partial charge in [-0.05, 0) is 43.2 Å². The normalized spacial score (nSPS) is 18.1. The van der Waals surface area contributed by atoms with Crippen molar-refractivity contribution in [1.82, 2.24) is 14.2 Å². The molecule has 7 nitrogen and oxygen atoms in total. The minimum atomic E-state index is -4.19. The van der Waals surface area contributed by atoms with Gasteiger partial charge in [0.15, 0.2) is 0 Å². The predicted octanol–water partition coefficient (Wildman–Crippen LogP) is 2.11. The number of benzene rings is 1.